The molecule has 1 rings (SSSR count). The lowest BCUT2D eigenvalue weighted by molar-refractivity contribution is -0.118. The lowest BCUT2D eigenvalue weighted by Gasteiger charge is -2.09. The number of benzene rings is 1. The van der Waals surface area contributed by atoms with Crippen molar-refractivity contribution in [3.63, 3.8) is 0 Å². The molecule has 94 valence electrons. The van der Waals surface area contributed by atoms with Crippen molar-refractivity contribution in [3.05, 3.63) is 29.8 Å². The van der Waals surface area contributed by atoms with Gasteiger partial charge in [-0.05, 0) is 30.5 Å². The van der Waals surface area contributed by atoms with Crippen LogP contribution in [0.4, 0.5) is 5.69 Å². The molecule has 0 fully saturated rings. The summed E-state index contributed by atoms with van der Waals surface area (Å²) in [6.45, 7) is 4.00. The van der Waals surface area contributed by atoms with Crippen LogP contribution in [0.1, 0.15) is 32.3 Å². The van der Waals surface area contributed by atoms with Gasteiger partial charge in [0.15, 0.2) is 0 Å². The van der Waals surface area contributed by atoms with Crippen LogP contribution in [0.25, 0.3) is 0 Å². The molecule has 0 aliphatic heterocycles. The number of hydrogen-bond acceptors (Lipinski definition) is 1. The molecule has 0 aliphatic rings. The van der Waals surface area contributed by atoms with E-state index in [-0.39, 0.29) is 11.8 Å². The van der Waals surface area contributed by atoms with Gasteiger partial charge in [0.1, 0.15) is 0 Å². The Balaban J connectivity index is 2.53. The van der Waals surface area contributed by atoms with Crippen molar-refractivity contribution >= 4 is 23.2 Å². The van der Waals surface area contributed by atoms with Gasteiger partial charge in [-0.25, -0.2) is 0 Å². The Bertz CT molecular complexity index is 348. The Morgan fingerprint density at radius 2 is 2.00 bits per heavy atom. The molecule has 2 nitrogen and oxygen atoms in total. The summed E-state index contributed by atoms with van der Waals surface area (Å²) >= 11 is 5.63. The van der Waals surface area contributed by atoms with E-state index in [1.54, 1.807) is 0 Å². The van der Waals surface area contributed by atoms with Gasteiger partial charge in [-0.1, -0.05) is 32.4 Å². The van der Waals surface area contributed by atoms with Crippen LogP contribution in [0.2, 0.25) is 0 Å². The van der Waals surface area contributed by atoms with Crippen molar-refractivity contribution in [1.82, 2.24) is 0 Å². The van der Waals surface area contributed by atoms with Gasteiger partial charge in [0.05, 0.1) is 0 Å². The zero-order valence-corrected chi connectivity index (χ0v) is 11.3. The van der Waals surface area contributed by atoms with E-state index >= 15 is 0 Å². The smallest absolute Gasteiger partial charge is 0.228 e. The van der Waals surface area contributed by atoms with Crippen LogP contribution >= 0.6 is 11.6 Å². The van der Waals surface area contributed by atoms with Gasteiger partial charge in [0, 0.05) is 17.5 Å². The second-order valence-electron chi connectivity index (χ2n) is 4.35. The lowest BCUT2D eigenvalue weighted by Crippen LogP contribution is -2.21. The third-order valence-corrected chi connectivity index (χ3v) is 3.18. The molecule has 0 heterocycles. The quantitative estimate of drug-likeness (QED) is 0.767. The lowest BCUT2D eigenvalue weighted by atomic mass is 10.1. The molecule has 0 aromatic heterocycles. The molecule has 1 N–H and O–H groups in total. The van der Waals surface area contributed by atoms with Crippen molar-refractivity contribution in [1.29, 1.82) is 0 Å². The first-order valence-corrected chi connectivity index (χ1v) is 6.66. The molecule has 1 atom stereocenters. The molecule has 1 aromatic rings. The number of carbonyl (C=O) groups excluding carboxylic acids is 1. The normalized spacial score (nSPS) is 12.2. The first-order valence-electron chi connectivity index (χ1n) is 6.13. The Morgan fingerprint density at radius 3 is 2.53 bits per heavy atom. The van der Waals surface area contributed by atoms with Crippen LogP contribution < -0.4 is 5.32 Å². The van der Waals surface area contributed by atoms with Crippen LogP contribution in [0.15, 0.2) is 24.3 Å². The predicted octanol–water partition coefficient (Wildman–Crippen LogP) is 3.84. The van der Waals surface area contributed by atoms with E-state index in [9.17, 15) is 4.79 Å². The average molecular weight is 254 g/mol. The van der Waals surface area contributed by atoms with Crippen molar-refractivity contribution in [2.24, 2.45) is 5.92 Å². The Kier molecular flexibility index (Phi) is 6.06. The molecule has 0 saturated heterocycles. The maximum absolute atomic E-state index is 11.6. The number of alkyl halides is 1. The highest BCUT2D eigenvalue weighted by Crippen LogP contribution is 2.13. The summed E-state index contributed by atoms with van der Waals surface area (Å²) < 4.78 is 0. The topological polar surface area (TPSA) is 29.1 Å². The number of carbonyl (C=O) groups is 1. The highest BCUT2D eigenvalue weighted by Gasteiger charge is 2.11. The highest BCUT2D eigenvalue weighted by molar-refractivity contribution is 6.19. The molecule has 0 aliphatic carbocycles. The maximum Gasteiger partial charge on any atom is 0.228 e. The summed E-state index contributed by atoms with van der Waals surface area (Å²) in [7, 11) is 0. The molecule has 0 bridgehead atoms. The van der Waals surface area contributed by atoms with Crippen molar-refractivity contribution < 1.29 is 4.79 Å². The fourth-order valence-corrected chi connectivity index (χ4v) is 1.61. The summed E-state index contributed by atoms with van der Waals surface area (Å²) in [4.78, 5) is 11.6. The standard InChI is InChI=1S/C14H20ClNO/c1-3-4-5-12-6-8-13(9-7-12)16-14(17)11(2)10-15/h6-9,11H,3-5,10H2,1-2H3,(H,16,17). The number of unbranched alkanes of at least 4 members (excludes halogenated alkanes) is 1. The Labute approximate surface area is 108 Å². The van der Waals surface area contributed by atoms with Crippen LogP contribution in [0, 0.1) is 5.92 Å². The maximum atomic E-state index is 11.6. The van der Waals surface area contributed by atoms with Crippen LogP contribution in [-0.4, -0.2) is 11.8 Å². The number of halogens is 1. The summed E-state index contributed by atoms with van der Waals surface area (Å²) in [5, 5.41) is 2.85. The average Bonchev–Trinajstić information content (AvgIpc) is 2.37. The van der Waals surface area contributed by atoms with E-state index in [0.29, 0.717) is 5.88 Å². The van der Waals surface area contributed by atoms with Crippen LogP contribution in [-0.2, 0) is 11.2 Å². The van der Waals surface area contributed by atoms with Crippen molar-refractivity contribution in [2.75, 3.05) is 11.2 Å². The zero-order valence-electron chi connectivity index (χ0n) is 10.5. The van der Waals surface area contributed by atoms with Gasteiger partial charge in [0.2, 0.25) is 5.91 Å². The number of aryl methyl sites for hydroxylation is 1. The Hall–Kier alpha value is -1.02. The summed E-state index contributed by atoms with van der Waals surface area (Å²) in [5.74, 6) is 0.165. The molecular formula is C14H20ClNO. The summed E-state index contributed by atoms with van der Waals surface area (Å²) in [6, 6.07) is 8.03. The summed E-state index contributed by atoms with van der Waals surface area (Å²) in [6.07, 6.45) is 3.50. The minimum absolute atomic E-state index is 0.0266. The van der Waals surface area contributed by atoms with E-state index in [1.165, 1.54) is 18.4 Å². The number of amides is 1. The highest BCUT2D eigenvalue weighted by atomic mass is 35.5. The van der Waals surface area contributed by atoms with E-state index in [2.05, 4.69) is 24.4 Å². The third kappa shape index (κ3) is 4.78. The van der Waals surface area contributed by atoms with E-state index in [0.717, 1.165) is 12.1 Å². The van der Waals surface area contributed by atoms with Crippen LogP contribution in [0.5, 0.6) is 0 Å². The first-order chi connectivity index (χ1) is 8.17. The largest absolute Gasteiger partial charge is 0.326 e. The SMILES string of the molecule is CCCCc1ccc(NC(=O)C(C)CCl)cc1. The molecule has 1 amide bonds. The van der Waals surface area contributed by atoms with Gasteiger partial charge in [0.25, 0.3) is 0 Å². The van der Waals surface area contributed by atoms with Gasteiger partial charge in [-0.2, -0.15) is 0 Å². The minimum atomic E-state index is -0.156. The Morgan fingerprint density at radius 1 is 1.35 bits per heavy atom. The van der Waals surface area contributed by atoms with Crippen LogP contribution in [0.3, 0.4) is 0 Å². The molecule has 17 heavy (non-hydrogen) atoms. The molecule has 0 spiro atoms. The fraction of sp³-hybridized carbons (Fsp3) is 0.500. The molecule has 1 unspecified atom stereocenters. The number of anilines is 1. The molecule has 0 saturated carbocycles. The molecule has 0 radical (unpaired) electrons. The van der Waals surface area contributed by atoms with Crippen molar-refractivity contribution in [3.8, 4) is 0 Å². The van der Waals surface area contributed by atoms with Gasteiger partial charge in [-0.3, -0.25) is 4.79 Å². The summed E-state index contributed by atoms with van der Waals surface area (Å²) in [5.41, 5.74) is 2.16. The second kappa shape index (κ2) is 7.33. The van der Waals surface area contributed by atoms with Gasteiger partial charge in [-0.15, -0.1) is 11.6 Å². The predicted molar refractivity (Wildman–Crippen MR) is 73.6 cm³/mol. The van der Waals surface area contributed by atoms with E-state index < -0.39 is 0 Å². The zero-order chi connectivity index (χ0) is 12.7. The van der Waals surface area contributed by atoms with E-state index in [1.807, 2.05) is 19.1 Å². The number of nitrogens with one attached hydrogen (secondary N) is 1. The van der Waals surface area contributed by atoms with Gasteiger partial charge >= 0.3 is 0 Å². The second-order valence-corrected chi connectivity index (χ2v) is 4.65. The molecular weight excluding hydrogens is 234 g/mol. The monoisotopic (exact) mass is 253 g/mol. The number of hydrogen-bond donors (Lipinski definition) is 1. The first kappa shape index (κ1) is 14.0. The molecule has 3 heteroatoms. The third-order valence-electron chi connectivity index (χ3n) is 2.72. The number of rotatable bonds is 6. The minimum Gasteiger partial charge on any atom is -0.326 e. The fourth-order valence-electron chi connectivity index (χ4n) is 1.47. The van der Waals surface area contributed by atoms with E-state index in [4.69, 9.17) is 11.6 Å². The molecule has 1 aromatic carbocycles. The van der Waals surface area contributed by atoms with Crippen molar-refractivity contribution in [2.45, 2.75) is 33.1 Å². The van der Waals surface area contributed by atoms with Gasteiger partial charge < -0.3 is 5.32 Å².